The maximum Gasteiger partial charge on any atom is 0.220 e. The average Bonchev–Trinajstić information content (AvgIpc) is 3.19. The highest BCUT2D eigenvalue weighted by atomic mass is 32.2. The molecule has 7 aliphatic rings. The van der Waals surface area contributed by atoms with Gasteiger partial charge in [-0.3, -0.25) is 19.3 Å². The highest BCUT2D eigenvalue weighted by Crippen LogP contribution is 2.63. The number of methoxy groups -OCH3 is 2. The summed E-state index contributed by atoms with van der Waals surface area (Å²) in [4.78, 5) is 43.2. The van der Waals surface area contributed by atoms with Crippen molar-refractivity contribution in [3.8, 4) is 11.5 Å². The number of phenols is 2. The molecule has 4 bridgehead atoms. The van der Waals surface area contributed by atoms with Gasteiger partial charge in [0.05, 0.1) is 19.5 Å². The number of hydrogen-bond donors (Lipinski definition) is 3. The van der Waals surface area contributed by atoms with Gasteiger partial charge in [0, 0.05) is 63.6 Å². The van der Waals surface area contributed by atoms with Crippen LogP contribution in [0.2, 0.25) is 0 Å². The van der Waals surface area contributed by atoms with Gasteiger partial charge in [0.25, 0.3) is 0 Å². The summed E-state index contributed by atoms with van der Waals surface area (Å²) in [5.41, 5.74) is 3.45. The van der Waals surface area contributed by atoms with Crippen molar-refractivity contribution in [1.29, 1.82) is 0 Å². The number of allylic oxidation sites excluding steroid dienone is 6. The van der Waals surface area contributed by atoms with Gasteiger partial charge in [0.15, 0.2) is 40.3 Å². The maximum atomic E-state index is 12.9. The SMILES string of the molecule is CC.COC1=CC2[C@@H]3C=C4C=CC(=O)C(O)=C4[C@]2(CCN3C)CC1=O.COC1=CC2[C@@H]3[C@H](Sc4ccc(C)cc4)c4ccc(O)c(O)c4[C@]2(CCN3C)CC1=O. The van der Waals surface area contributed by atoms with Crippen LogP contribution in [0, 0.1) is 24.2 Å². The number of phenolic OH excluding ortho intramolecular Hbond substituents is 2. The molecule has 2 aromatic carbocycles. The van der Waals surface area contributed by atoms with Gasteiger partial charge in [-0.1, -0.05) is 49.8 Å². The Hall–Kier alpha value is -4.58. The number of ketones is 3. The second-order valence-electron chi connectivity index (χ2n) is 15.8. The van der Waals surface area contributed by atoms with E-state index < -0.39 is 10.8 Å². The van der Waals surface area contributed by atoms with Crippen molar-refractivity contribution in [2.75, 3.05) is 41.4 Å². The van der Waals surface area contributed by atoms with E-state index in [-0.39, 0.29) is 76.6 Å². The number of aromatic hydroxyl groups is 2. The molecule has 0 aromatic heterocycles. The number of likely N-dealkylation sites (tertiary alicyclic amines) is 2. The first-order valence-corrected chi connectivity index (χ1v) is 20.4. The summed E-state index contributed by atoms with van der Waals surface area (Å²) in [6, 6.07) is 12.2. The number of nitrogens with zero attached hydrogens (tertiary/aromatic N) is 2. The third kappa shape index (κ3) is 6.14. The van der Waals surface area contributed by atoms with Crippen LogP contribution in [-0.4, -0.2) is 96.0 Å². The van der Waals surface area contributed by atoms with Crippen LogP contribution in [0.5, 0.6) is 11.5 Å². The zero-order chi connectivity index (χ0) is 40.3. The summed E-state index contributed by atoms with van der Waals surface area (Å²) >= 11 is 1.78. The topological polar surface area (TPSA) is 137 Å². The molecule has 7 atom stereocenters. The number of hydrogen-bond acceptors (Lipinski definition) is 11. The average molecular weight is 781 g/mol. The molecule has 2 aliphatic heterocycles. The Bertz CT molecular complexity index is 2120. The second-order valence-corrected chi connectivity index (χ2v) is 17.0. The van der Waals surface area contributed by atoms with Crippen LogP contribution >= 0.6 is 11.8 Å². The van der Waals surface area contributed by atoms with Gasteiger partial charge >= 0.3 is 0 Å². The van der Waals surface area contributed by atoms with Gasteiger partial charge in [-0.05, 0) is 94.5 Å². The summed E-state index contributed by atoms with van der Waals surface area (Å²) in [7, 11) is 7.25. The Labute approximate surface area is 333 Å². The largest absolute Gasteiger partial charge is 0.504 e. The number of Topliss-reactive ketones (excluding diaryl/α,β-unsaturated/α-hetero) is 2. The monoisotopic (exact) mass is 780 g/mol. The number of thioether (sulfide) groups is 1. The molecule has 0 radical (unpaired) electrons. The van der Waals surface area contributed by atoms with Gasteiger partial charge in [0.2, 0.25) is 5.78 Å². The van der Waals surface area contributed by atoms with Crippen molar-refractivity contribution in [1.82, 2.24) is 9.80 Å². The van der Waals surface area contributed by atoms with E-state index in [9.17, 15) is 29.7 Å². The van der Waals surface area contributed by atoms with Crippen LogP contribution in [0.3, 0.4) is 0 Å². The van der Waals surface area contributed by atoms with Crippen molar-refractivity contribution in [3.63, 3.8) is 0 Å². The lowest BCUT2D eigenvalue weighted by Crippen LogP contribution is -2.61. The van der Waals surface area contributed by atoms with E-state index >= 15 is 0 Å². The van der Waals surface area contributed by atoms with E-state index in [1.54, 1.807) is 31.0 Å². The van der Waals surface area contributed by atoms with E-state index in [1.807, 2.05) is 32.1 Å². The third-order valence-corrected chi connectivity index (χ3v) is 14.4. The van der Waals surface area contributed by atoms with E-state index in [2.05, 4.69) is 61.2 Å². The van der Waals surface area contributed by atoms with Crippen LogP contribution in [0.1, 0.15) is 61.5 Å². The van der Waals surface area contributed by atoms with Crippen molar-refractivity contribution < 1.29 is 39.2 Å². The first kappa shape index (κ1) is 39.6. The lowest BCUT2D eigenvalue weighted by molar-refractivity contribution is -0.124. The molecule has 0 saturated carbocycles. The zero-order valence-corrected chi connectivity index (χ0v) is 34.0. The molecular formula is C45H52N2O8S. The van der Waals surface area contributed by atoms with Gasteiger partial charge < -0.3 is 29.7 Å². The molecule has 0 spiro atoms. The van der Waals surface area contributed by atoms with Gasteiger partial charge in [-0.15, -0.1) is 11.8 Å². The minimum Gasteiger partial charge on any atom is -0.504 e. The van der Waals surface area contributed by atoms with E-state index in [0.29, 0.717) is 17.1 Å². The predicted molar refractivity (Wildman–Crippen MR) is 215 cm³/mol. The van der Waals surface area contributed by atoms with Crippen molar-refractivity contribution >= 4 is 29.1 Å². The van der Waals surface area contributed by atoms with Crippen LogP contribution < -0.4 is 0 Å². The number of rotatable bonds is 4. The molecule has 3 N–H and O–H groups in total. The van der Waals surface area contributed by atoms with Gasteiger partial charge in [-0.25, -0.2) is 0 Å². The highest BCUT2D eigenvalue weighted by Gasteiger charge is 2.60. The quantitative estimate of drug-likeness (QED) is 0.276. The van der Waals surface area contributed by atoms with Crippen molar-refractivity contribution in [2.45, 2.75) is 74.1 Å². The minimum absolute atomic E-state index is 0.00190. The molecule has 5 aliphatic carbocycles. The van der Waals surface area contributed by atoms with Crippen molar-refractivity contribution in [3.05, 3.63) is 112 Å². The fourth-order valence-electron chi connectivity index (χ4n) is 10.4. The lowest BCUT2D eigenvalue weighted by Gasteiger charge is -2.58. The molecule has 2 unspecified atom stereocenters. The molecule has 296 valence electrons. The van der Waals surface area contributed by atoms with Crippen molar-refractivity contribution in [2.24, 2.45) is 17.3 Å². The smallest absolute Gasteiger partial charge is 0.220 e. The number of benzene rings is 2. The summed E-state index contributed by atoms with van der Waals surface area (Å²) in [6.45, 7) is 7.72. The maximum absolute atomic E-state index is 12.9. The first-order valence-electron chi connectivity index (χ1n) is 19.5. The summed E-state index contributed by atoms with van der Waals surface area (Å²) in [6.07, 6.45) is 11.2. The first-order chi connectivity index (χ1) is 26.8. The molecule has 10 nitrogen and oxygen atoms in total. The normalized spacial score (nSPS) is 31.4. The Balaban J connectivity index is 0.000000171. The molecule has 0 amide bonds. The molecule has 2 fully saturated rings. The minimum atomic E-state index is -0.529. The predicted octanol–water partition coefficient (Wildman–Crippen LogP) is 7.03. The van der Waals surface area contributed by atoms with E-state index in [1.165, 1.54) is 18.7 Å². The molecular weight excluding hydrogens is 729 g/mol. The Morgan fingerprint density at radius 3 is 2.04 bits per heavy atom. The van der Waals surface area contributed by atoms with Crippen LogP contribution in [0.4, 0.5) is 0 Å². The van der Waals surface area contributed by atoms with E-state index in [0.717, 1.165) is 47.5 Å². The van der Waals surface area contributed by atoms with Gasteiger partial charge in [0.1, 0.15) is 0 Å². The summed E-state index contributed by atoms with van der Waals surface area (Å²) in [5.74, 6) is -0.0689. The molecule has 11 heteroatoms. The van der Waals surface area contributed by atoms with Crippen LogP contribution in [-0.2, 0) is 29.3 Å². The van der Waals surface area contributed by atoms with Crippen LogP contribution in [0.15, 0.2) is 100 Å². The number of carbonyl (C=O) groups excluding carboxylic acids is 3. The third-order valence-electron chi connectivity index (χ3n) is 13.1. The second kappa shape index (κ2) is 15.1. The number of ether oxygens (including phenoxy) is 2. The van der Waals surface area contributed by atoms with Gasteiger partial charge in [-0.2, -0.15) is 0 Å². The standard InChI is InChI=1S/C25H27NO4S.C18H19NO4.C2H6/c1-14-4-6-15(7-5-14)31-24-16-8-9-18(27)23(29)21(16)25-10-11-26(2)22(24)17(25)12-20(30-3)19(28)13-25;1-19-6-5-18-9-14(21)15(23-2)8-11(18)12(19)7-10-3-4-13(20)17(22)16(10)18;1-2/h4-9,12,17,22,24,27,29H,10-11,13H2,1-3H3;3-4,7-8,11-12,22H,5-6,9H2,1-2H3;1-2H3/t17?,22-,24-,25-;11?,12-,18+;/m10./s1. The highest BCUT2D eigenvalue weighted by molar-refractivity contribution is 7.99. The number of aliphatic hydroxyl groups excluding tert-OH is 1. The zero-order valence-electron chi connectivity index (χ0n) is 33.2. The number of carbonyl (C=O) groups is 3. The Morgan fingerprint density at radius 1 is 0.768 bits per heavy atom. The molecule has 56 heavy (non-hydrogen) atoms. The number of fused-ring (bicyclic) bond motifs is 2. The molecule has 2 saturated heterocycles. The summed E-state index contributed by atoms with van der Waals surface area (Å²) in [5, 5.41) is 31.9. The summed E-state index contributed by atoms with van der Waals surface area (Å²) < 4.78 is 10.7. The molecule has 2 aromatic rings. The number of aliphatic hydroxyl groups is 1. The Kier molecular flexibility index (Phi) is 10.7. The number of likely N-dealkylation sites (N-methyl/N-ethyl adjacent to an activating group) is 2. The molecule has 9 rings (SSSR count). The lowest BCUT2D eigenvalue weighted by atomic mass is 9.53. The fourth-order valence-corrected chi connectivity index (χ4v) is 11.8. The number of piperidine rings is 2. The van der Waals surface area contributed by atoms with Crippen LogP contribution in [0.25, 0.3) is 0 Å². The Morgan fingerprint density at radius 2 is 1.38 bits per heavy atom. The fraction of sp³-hybridized carbons (Fsp3) is 0.444. The number of aryl methyl sites for hydroxylation is 1. The molecule has 2 heterocycles. The van der Waals surface area contributed by atoms with E-state index in [4.69, 9.17) is 9.47 Å².